The van der Waals surface area contributed by atoms with Gasteiger partial charge in [-0.2, -0.15) is 0 Å². The van der Waals surface area contributed by atoms with E-state index in [4.69, 9.17) is 11.6 Å². The number of carbonyl (C=O) groups is 1. The monoisotopic (exact) mass is 334 g/mol. The lowest BCUT2D eigenvalue weighted by Crippen LogP contribution is -2.29. The lowest BCUT2D eigenvalue weighted by atomic mass is 10.2. The Bertz CT molecular complexity index is 917. The van der Waals surface area contributed by atoms with Gasteiger partial charge in [0.1, 0.15) is 5.56 Å². The van der Waals surface area contributed by atoms with E-state index < -0.39 is 11.5 Å². The molecule has 0 unspecified atom stereocenters. The summed E-state index contributed by atoms with van der Waals surface area (Å²) in [5, 5.41) is 15.0. The molecule has 3 N–H and O–H groups in total. The predicted molar refractivity (Wildman–Crippen MR) is 86.7 cm³/mol. The molecule has 0 aliphatic rings. The molecule has 0 radical (unpaired) electrons. The van der Waals surface area contributed by atoms with Crippen molar-refractivity contribution >= 4 is 39.1 Å². The summed E-state index contributed by atoms with van der Waals surface area (Å²) in [5.41, 5.74) is 0.414. The molecule has 22 heavy (non-hydrogen) atoms. The molecule has 0 saturated heterocycles. The summed E-state index contributed by atoms with van der Waals surface area (Å²) < 4.78 is 0.479. The van der Waals surface area contributed by atoms with E-state index in [2.05, 4.69) is 10.3 Å². The van der Waals surface area contributed by atoms with Crippen LogP contribution in [0.4, 0.5) is 0 Å². The standard InChI is InChI=1S/C15H11ClN2O3S/c16-9-3-1-2-8(6-9)7-17-14(20)11-12(19)13-10(4-5-22-13)18-15(11)21/h1-6H,7H2,(H,17,20)(H2,18,19,21). The van der Waals surface area contributed by atoms with Gasteiger partial charge in [-0.05, 0) is 29.1 Å². The third kappa shape index (κ3) is 2.70. The Morgan fingerprint density at radius 3 is 2.95 bits per heavy atom. The van der Waals surface area contributed by atoms with Gasteiger partial charge in [0.25, 0.3) is 11.5 Å². The Kier molecular flexibility index (Phi) is 3.87. The molecule has 0 aliphatic carbocycles. The molecule has 3 rings (SSSR count). The number of fused-ring (bicyclic) bond motifs is 1. The predicted octanol–water partition coefficient (Wildman–Crippen LogP) is 2.88. The number of pyridine rings is 1. The Morgan fingerprint density at radius 1 is 1.36 bits per heavy atom. The van der Waals surface area contributed by atoms with Gasteiger partial charge in [-0.1, -0.05) is 23.7 Å². The molecule has 5 nitrogen and oxygen atoms in total. The number of nitrogens with one attached hydrogen (secondary N) is 2. The van der Waals surface area contributed by atoms with Crippen LogP contribution in [0.2, 0.25) is 5.02 Å². The molecule has 2 heterocycles. The summed E-state index contributed by atoms with van der Waals surface area (Å²) in [7, 11) is 0. The highest BCUT2D eigenvalue weighted by molar-refractivity contribution is 7.17. The summed E-state index contributed by atoms with van der Waals surface area (Å²) >= 11 is 7.13. The molecule has 0 bridgehead atoms. The van der Waals surface area contributed by atoms with E-state index in [1.165, 1.54) is 11.3 Å². The number of aromatic nitrogens is 1. The van der Waals surface area contributed by atoms with Crippen molar-refractivity contribution in [3.63, 3.8) is 0 Å². The number of hydrogen-bond donors (Lipinski definition) is 3. The maximum Gasteiger partial charge on any atom is 0.265 e. The first-order valence-corrected chi connectivity index (χ1v) is 7.67. The molecule has 2 aromatic heterocycles. The Morgan fingerprint density at radius 2 is 2.18 bits per heavy atom. The van der Waals surface area contributed by atoms with Crippen molar-refractivity contribution in [2.24, 2.45) is 0 Å². The molecule has 1 aromatic carbocycles. The summed E-state index contributed by atoms with van der Waals surface area (Å²) in [6.45, 7) is 0.209. The van der Waals surface area contributed by atoms with E-state index in [0.717, 1.165) is 5.56 Å². The number of thiophene rings is 1. The van der Waals surface area contributed by atoms with Gasteiger partial charge in [0.05, 0.1) is 10.2 Å². The molecule has 0 atom stereocenters. The first-order chi connectivity index (χ1) is 10.6. The first kappa shape index (κ1) is 14.6. The Balaban J connectivity index is 1.87. The maximum absolute atomic E-state index is 12.2. The average molecular weight is 335 g/mol. The summed E-state index contributed by atoms with van der Waals surface area (Å²) in [6, 6.07) is 8.70. The van der Waals surface area contributed by atoms with Crippen LogP contribution < -0.4 is 10.9 Å². The van der Waals surface area contributed by atoms with Gasteiger partial charge in [0, 0.05) is 11.6 Å². The molecule has 0 aliphatic heterocycles. The molecule has 0 spiro atoms. The fourth-order valence-electron chi connectivity index (χ4n) is 2.13. The zero-order chi connectivity index (χ0) is 15.7. The lowest BCUT2D eigenvalue weighted by molar-refractivity contribution is 0.0947. The van der Waals surface area contributed by atoms with E-state index in [9.17, 15) is 14.7 Å². The number of carbonyl (C=O) groups excluding carboxylic acids is 1. The van der Waals surface area contributed by atoms with Crippen molar-refractivity contribution in [2.75, 3.05) is 0 Å². The molecule has 7 heteroatoms. The Hall–Kier alpha value is -2.31. The maximum atomic E-state index is 12.2. The van der Waals surface area contributed by atoms with E-state index in [-0.39, 0.29) is 17.9 Å². The van der Waals surface area contributed by atoms with Gasteiger partial charge in [-0.25, -0.2) is 0 Å². The largest absolute Gasteiger partial charge is 0.505 e. The van der Waals surface area contributed by atoms with Gasteiger partial charge < -0.3 is 15.4 Å². The average Bonchev–Trinajstić information content (AvgIpc) is 2.93. The third-order valence-corrected chi connectivity index (χ3v) is 4.32. The summed E-state index contributed by atoms with van der Waals surface area (Å²) in [6.07, 6.45) is 0. The second-order valence-corrected chi connectivity index (χ2v) is 6.01. The highest BCUT2D eigenvalue weighted by Crippen LogP contribution is 2.29. The molecule has 0 fully saturated rings. The van der Waals surface area contributed by atoms with E-state index in [0.29, 0.717) is 15.2 Å². The smallest absolute Gasteiger partial charge is 0.265 e. The van der Waals surface area contributed by atoms with Crippen molar-refractivity contribution in [1.82, 2.24) is 10.3 Å². The summed E-state index contributed by atoms with van der Waals surface area (Å²) in [5.74, 6) is -0.925. The summed E-state index contributed by atoms with van der Waals surface area (Å²) in [4.78, 5) is 26.7. The molecular weight excluding hydrogens is 324 g/mol. The highest BCUT2D eigenvalue weighted by atomic mass is 35.5. The quantitative estimate of drug-likeness (QED) is 0.688. The Labute approximate surface area is 134 Å². The van der Waals surface area contributed by atoms with Crippen molar-refractivity contribution in [2.45, 2.75) is 6.54 Å². The molecule has 0 saturated carbocycles. The van der Waals surface area contributed by atoms with Crippen LogP contribution in [0.15, 0.2) is 40.5 Å². The third-order valence-electron chi connectivity index (χ3n) is 3.16. The highest BCUT2D eigenvalue weighted by Gasteiger charge is 2.19. The van der Waals surface area contributed by atoms with Crippen molar-refractivity contribution in [1.29, 1.82) is 0 Å². The first-order valence-electron chi connectivity index (χ1n) is 6.41. The van der Waals surface area contributed by atoms with Crippen LogP contribution >= 0.6 is 22.9 Å². The van der Waals surface area contributed by atoms with Crippen LogP contribution in [-0.2, 0) is 6.54 Å². The van der Waals surface area contributed by atoms with Crippen molar-refractivity contribution in [3.05, 3.63) is 62.2 Å². The fourth-order valence-corrected chi connectivity index (χ4v) is 3.14. The van der Waals surface area contributed by atoms with Crippen LogP contribution in [0.25, 0.3) is 10.2 Å². The normalized spacial score (nSPS) is 10.8. The lowest BCUT2D eigenvalue weighted by Gasteiger charge is -2.07. The molecule has 3 aromatic rings. The number of rotatable bonds is 3. The number of hydrogen-bond acceptors (Lipinski definition) is 4. The fraction of sp³-hybridized carbons (Fsp3) is 0.0667. The number of aromatic hydroxyl groups is 1. The molecule has 1 amide bonds. The van der Waals surface area contributed by atoms with Crippen molar-refractivity contribution < 1.29 is 9.90 Å². The van der Waals surface area contributed by atoms with Gasteiger partial charge >= 0.3 is 0 Å². The minimum Gasteiger partial charge on any atom is -0.505 e. The minimum atomic E-state index is -0.631. The number of H-pyrrole nitrogens is 1. The zero-order valence-corrected chi connectivity index (χ0v) is 12.8. The molecular formula is C15H11ClN2O3S. The zero-order valence-electron chi connectivity index (χ0n) is 11.2. The van der Waals surface area contributed by atoms with E-state index in [1.807, 2.05) is 0 Å². The van der Waals surface area contributed by atoms with Crippen LogP contribution in [0.1, 0.15) is 15.9 Å². The van der Waals surface area contributed by atoms with Crippen LogP contribution in [0, 0.1) is 0 Å². The number of aromatic amines is 1. The SMILES string of the molecule is O=C(NCc1cccc(Cl)c1)c1c(O)c2sccc2[nH]c1=O. The van der Waals surface area contributed by atoms with Gasteiger partial charge in [-0.15, -0.1) is 11.3 Å². The van der Waals surface area contributed by atoms with E-state index >= 15 is 0 Å². The van der Waals surface area contributed by atoms with Gasteiger partial charge in [-0.3, -0.25) is 9.59 Å². The topological polar surface area (TPSA) is 82.2 Å². The van der Waals surface area contributed by atoms with Crippen LogP contribution in [0.5, 0.6) is 5.75 Å². The second-order valence-electron chi connectivity index (χ2n) is 4.65. The minimum absolute atomic E-state index is 0.209. The second kappa shape index (κ2) is 5.82. The molecule has 112 valence electrons. The number of amides is 1. The van der Waals surface area contributed by atoms with E-state index in [1.54, 1.807) is 35.7 Å². The van der Waals surface area contributed by atoms with Gasteiger partial charge in [0.15, 0.2) is 5.75 Å². The number of halogens is 1. The van der Waals surface area contributed by atoms with Crippen LogP contribution in [-0.4, -0.2) is 16.0 Å². The van der Waals surface area contributed by atoms with Crippen LogP contribution in [0.3, 0.4) is 0 Å². The number of benzene rings is 1. The van der Waals surface area contributed by atoms with Gasteiger partial charge in [0.2, 0.25) is 0 Å². The van der Waals surface area contributed by atoms with Crippen molar-refractivity contribution in [3.8, 4) is 5.75 Å².